The number of esters is 1. The van der Waals surface area contributed by atoms with Gasteiger partial charge in [-0.05, 0) is 38.2 Å². The smallest absolute Gasteiger partial charge is 0.341 e. The van der Waals surface area contributed by atoms with Crippen molar-refractivity contribution in [1.29, 1.82) is 0 Å². The van der Waals surface area contributed by atoms with E-state index in [1.165, 1.54) is 7.11 Å². The van der Waals surface area contributed by atoms with Crippen LogP contribution in [0.5, 0.6) is 0 Å². The first-order chi connectivity index (χ1) is 12.3. The van der Waals surface area contributed by atoms with Crippen LogP contribution < -0.4 is 5.32 Å². The summed E-state index contributed by atoms with van der Waals surface area (Å²) < 4.78 is 10.2. The number of hydrogen-bond donors (Lipinski definition) is 1. The number of piperidine rings is 1. The second-order valence-electron chi connectivity index (χ2n) is 7.08. The van der Waals surface area contributed by atoms with E-state index >= 15 is 0 Å². The zero-order valence-corrected chi connectivity index (χ0v) is 16.0. The third-order valence-corrected chi connectivity index (χ3v) is 4.54. The molecule has 1 N–H and O–H groups in total. The van der Waals surface area contributed by atoms with Crippen molar-refractivity contribution in [2.45, 2.75) is 59.0 Å². The van der Waals surface area contributed by atoms with Crippen molar-refractivity contribution in [3.63, 3.8) is 0 Å². The molecule has 1 aliphatic heterocycles. The molecule has 0 unspecified atom stereocenters. The zero-order chi connectivity index (χ0) is 19.3. The maximum Gasteiger partial charge on any atom is 0.341 e. The first-order valence-corrected chi connectivity index (χ1v) is 9.08. The largest absolute Gasteiger partial charge is 0.465 e. The molecular weight excluding hydrogens is 336 g/mol. The highest BCUT2D eigenvalue weighted by molar-refractivity contribution is 5.90. The Hall–Kier alpha value is -2.31. The van der Waals surface area contributed by atoms with E-state index in [1.54, 1.807) is 17.9 Å². The van der Waals surface area contributed by atoms with Gasteiger partial charge in [-0.1, -0.05) is 13.8 Å². The fourth-order valence-corrected chi connectivity index (χ4v) is 3.21. The van der Waals surface area contributed by atoms with Crippen LogP contribution in [-0.4, -0.2) is 42.4 Å². The lowest BCUT2D eigenvalue weighted by Crippen LogP contribution is -2.51. The Morgan fingerprint density at radius 2 is 2.08 bits per heavy atom. The summed E-state index contributed by atoms with van der Waals surface area (Å²) in [6, 6.07) is 1.10. The standard InChI is InChI=1S/C19H28N2O5/c1-12(2)9-16(21-8-6-5-7-17(21)22)18(23)20-11-14-10-15(13(3)26-14)19(24)25-4/h10,12,16H,5-9,11H2,1-4H3,(H,20,23)/t16-/m1/s1. The Labute approximate surface area is 154 Å². The molecule has 1 atom stereocenters. The van der Waals surface area contributed by atoms with Crippen LogP contribution in [0.3, 0.4) is 0 Å². The van der Waals surface area contributed by atoms with E-state index in [1.807, 2.05) is 13.8 Å². The van der Waals surface area contributed by atoms with Crippen molar-refractivity contribution in [3.05, 3.63) is 23.2 Å². The van der Waals surface area contributed by atoms with Crippen LogP contribution in [0.2, 0.25) is 0 Å². The van der Waals surface area contributed by atoms with Crippen LogP contribution in [0.4, 0.5) is 0 Å². The average molecular weight is 364 g/mol. The third-order valence-electron chi connectivity index (χ3n) is 4.54. The molecule has 0 radical (unpaired) electrons. The highest BCUT2D eigenvalue weighted by Gasteiger charge is 2.31. The van der Waals surface area contributed by atoms with Gasteiger partial charge in [0.25, 0.3) is 0 Å². The molecule has 0 spiro atoms. The Bertz CT molecular complexity index is 665. The van der Waals surface area contributed by atoms with Gasteiger partial charge in [-0.25, -0.2) is 4.79 Å². The lowest BCUT2D eigenvalue weighted by atomic mass is 9.98. The molecule has 1 aromatic heterocycles. The zero-order valence-electron chi connectivity index (χ0n) is 16.0. The Morgan fingerprint density at radius 3 is 2.69 bits per heavy atom. The number of amides is 2. The minimum absolute atomic E-state index is 0.0406. The van der Waals surface area contributed by atoms with Crippen LogP contribution >= 0.6 is 0 Å². The summed E-state index contributed by atoms with van der Waals surface area (Å²) in [4.78, 5) is 38.3. The van der Waals surface area contributed by atoms with Gasteiger partial charge in [0.1, 0.15) is 23.1 Å². The average Bonchev–Trinajstić information content (AvgIpc) is 2.98. The molecule has 0 aliphatic carbocycles. The number of nitrogens with zero attached hydrogens (tertiary/aromatic N) is 1. The van der Waals surface area contributed by atoms with Gasteiger partial charge >= 0.3 is 5.97 Å². The molecule has 7 heteroatoms. The predicted octanol–water partition coefficient (Wildman–Crippen LogP) is 2.42. The number of nitrogens with one attached hydrogen (secondary N) is 1. The quantitative estimate of drug-likeness (QED) is 0.751. The third kappa shape index (κ3) is 4.86. The van der Waals surface area contributed by atoms with Crippen molar-refractivity contribution in [1.82, 2.24) is 10.2 Å². The monoisotopic (exact) mass is 364 g/mol. The molecule has 2 amide bonds. The second kappa shape index (κ2) is 8.87. The van der Waals surface area contributed by atoms with Crippen LogP contribution in [-0.2, 0) is 20.9 Å². The van der Waals surface area contributed by atoms with Crippen molar-refractivity contribution < 1.29 is 23.5 Å². The van der Waals surface area contributed by atoms with Gasteiger partial charge in [0.15, 0.2) is 0 Å². The number of carbonyl (C=O) groups is 3. The van der Waals surface area contributed by atoms with Gasteiger partial charge < -0.3 is 19.4 Å². The molecule has 1 aliphatic rings. The van der Waals surface area contributed by atoms with E-state index in [0.717, 1.165) is 12.8 Å². The number of methoxy groups -OCH3 is 1. The number of hydrogen-bond acceptors (Lipinski definition) is 5. The summed E-state index contributed by atoms with van der Waals surface area (Å²) in [6.45, 7) is 6.52. The number of ether oxygens (including phenoxy) is 1. The van der Waals surface area contributed by atoms with Crippen molar-refractivity contribution in [2.75, 3.05) is 13.7 Å². The second-order valence-corrected chi connectivity index (χ2v) is 7.08. The molecule has 2 heterocycles. The lowest BCUT2D eigenvalue weighted by Gasteiger charge is -2.34. The molecule has 0 saturated carbocycles. The summed E-state index contributed by atoms with van der Waals surface area (Å²) in [6.07, 6.45) is 2.92. The fraction of sp³-hybridized carbons (Fsp3) is 0.632. The molecule has 2 rings (SSSR count). The van der Waals surface area contributed by atoms with E-state index in [4.69, 9.17) is 9.15 Å². The topological polar surface area (TPSA) is 88.9 Å². The summed E-state index contributed by atoms with van der Waals surface area (Å²) in [7, 11) is 1.31. The van der Waals surface area contributed by atoms with Gasteiger partial charge in [0.05, 0.1) is 13.7 Å². The molecule has 0 aromatic carbocycles. The molecule has 0 bridgehead atoms. The van der Waals surface area contributed by atoms with Gasteiger partial charge in [-0.2, -0.15) is 0 Å². The molecule has 26 heavy (non-hydrogen) atoms. The van der Waals surface area contributed by atoms with Crippen molar-refractivity contribution in [2.24, 2.45) is 5.92 Å². The lowest BCUT2D eigenvalue weighted by molar-refractivity contribution is -0.143. The number of likely N-dealkylation sites (tertiary alicyclic amines) is 1. The summed E-state index contributed by atoms with van der Waals surface area (Å²) in [5, 5.41) is 2.84. The van der Waals surface area contributed by atoms with Gasteiger partial charge in [-0.15, -0.1) is 0 Å². The van der Waals surface area contributed by atoms with Crippen LogP contribution in [0.25, 0.3) is 0 Å². The normalized spacial score (nSPS) is 15.9. The minimum atomic E-state index is -0.473. The highest BCUT2D eigenvalue weighted by atomic mass is 16.5. The van der Waals surface area contributed by atoms with Crippen molar-refractivity contribution in [3.8, 4) is 0 Å². The first kappa shape index (κ1) is 20.0. The number of aryl methyl sites for hydroxylation is 1. The Morgan fingerprint density at radius 1 is 1.35 bits per heavy atom. The highest BCUT2D eigenvalue weighted by Crippen LogP contribution is 2.20. The Balaban J connectivity index is 2.05. The maximum absolute atomic E-state index is 12.7. The van der Waals surface area contributed by atoms with Crippen LogP contribution in [0, 0.1) is 12.8 Å². The SMILES string of the molecule is COC(=O)c1cc(CNC(=O)[C@@H](CC(C)C)N2CCCCC2=O)oc1C. The van der Waals surface area contributed by atoms with E-state index in [2.05, 4.69) is 5.32 Å². The van der Waals surface area contributed by atoms with E-state index in [-0.39, 0.29) is 24.3 Å². The predicted molar refractivity (Wildman–Crippen MR) is 95.4 cm³/mol. The molecule has 1 fully saturated rings. The van der Waals surface area contributed by atoms with Gasteiger partial charge in [-0.3, -0.25) is 9.59 Å². The molecule has 1 aromatic rings. The number of carbonyl (C=O) groups excluding carboxylic acids is 3. The number of rotatable bonds is 7. The molecule has 7 nitrogen and oxygen atoms in total. The maximum atomic E-state index is 12.7. The van der Waals surface area contributed by atoms with Crippen LogP contribution in [0.15, 0.2) is 10.5 Å². The number of furan rings is 1. The van der Waals surface area contributed by atoms with E-state index in [9.17, 15) is 14.4 Å². The molecular formula is C19H28N2O5. The van der Waals surface area contributed by atoms with Crippen molar-refractivity contribution >= 4 is 17.8 Å². The van der Waals surface area contributed by atoms with Gasteiger partial charge in [0, 0.05) is 13.0 Å². The first-order valence-electron chi connectivity index (χ1n) is 9.08. The minimum Gasteiger partial charge on any atom is -0.465 e. The molecule has 144 valence electrons. The van der Waals surface area contributed by atoms with E-state index < -0.39 is 12.0 Å². The van der Waals surface area contributed by atoms with Gasteiger partial charge in [0.2, 0.25) is 11.8 Å². The van der Waals surface area contributed by atoms with Crippen LogP contribution in [0.1, 0.15) is 61.4 Å². The fourth-order valence-electron chi connectivity index (χ4n) is 3.21. The Kier molecular flexibility index (Phi) is 6.83. The van der Waals surface area contributed by atoms with E-state index in [0.29, 0.717) is 36.5 Å². The summed E-state index contributed by atoms with van der Waals surface area (Å²) >= 11 is 0. The molecule has 1 saturated heterocycles. The summed E-state index contributed by atoms with van der Waals surface area (Å²) in [5.74, 6) is 0.592. The summed E-state index contributed by atoms with van der Waals surface area (Å²) in [5.41, 5.74) is 0.349.